The van der Waals surface area contributed by atoms with Gasteiger partial charge < -0.3 is 9.47 Å². The highest BCUT2D eigenvalue weighted by atomic mass is 17.2. The summed E-state index contributed by atoms with van der Waals surface area (Å²) in [5.74, 6) is 4.09. The first-order valence-electron chi connectivity index (χ1n) is 13.6. The smallest absolute Gasteiger partial charge is 0.207 e. The van der Waals surface area contributed by atoms with Crippen LogP contribution in [-0.2, 0) is 14.5 Å². The fraction of sp³-hybridized carbons (Fsp3) is 0.438. The van der Waals surface area contributed by atoms with Gasteiger partial charge >= 0.3 is 0 Å². The van der Waals surface area contributed by atoms with Crippen LogP contribution in [0.15, 0.2) is 78.9 Å². The monoisotopic (exact) mass is 482 g/mol. The van der Waals surface area contributed by atoms with Crippen molar-refractivity contribution in [1.29, 1.82) is 0 Å². The lowest BCUT2D eigenvalue weighted by molar-refractivity contribution is -0.526. The Balaban J connectivity index is 0.974. The second-order valence-corrected chi connectivity index (χ2v) is 11.4. The zero-order valence-electron chi connectivity index (χ0n) is 20.8. The van der Waals surface area contributed by atoms with E-state index in [9.17, 15) is 0 Å². The van der Waals surface area contributed by atoms with Gasteiger partial charge in [0.15, 0.2) is 0 Å². The van der Waals surface area contributed by atoms with E-state index in [-0.39, 0.29) is 12.0 Å². The third-order valence-electron chi connectivity index (χ3n) is 9.21. The minimum absolute atomic E-state index is 0.106. The highest BCUT2D eigenvalue weighted by Gasteiger charge is 2.61. The molecule has 0 radical (unpaired) electrons. The van der Waals surface area contributed by atoms with Gasteiger partial charge in [-0.2, -0.15) is 0 Å². The molecule has 0 N–H and O–H groups in total. The molecule has 4 bridgehead atoms. The van der Waals surface area contributed by atoms with Crippen molar-refractivity contribution in [1.82, 2.24) is 0 Å². The zero-order valence-corrected chi connectivity index (χ0v) is 20.8. The highest BCUT2D eigenvalue weighted by Crippen LogP contribution is 2.61. The van der Waals surface area contributed by atoms with Gasteiger partial charge in [-0.05, 0) is 84.9 Å². The van der Waals surface area contributed by atoms with Crippen LogP contribution in [0, 0.1) is 23.7 Å². The Morgan fingerprint density at radius 2 is 1.31 bits per heavy atom. The molecule has 1 unspecified atom stereocenters. The summed E-state index contributed by atoms with van der Waals surface area (Å²) in [6.07, 6.45) is 6.28. The van der Waals surface area contributed by atoms with Gasteiger partial charge in [0, 0.05) is 17.8 Å². The lowest BCUT2D eigenvalue weighted by Gasteiger charge is -2.60. The SMILES string of the molecule is C[C@@H](c1ccc(Oc2ccc(-c3ccccc3)cc2)cc1)C1COC2(OO1)C1CC3CC(C1)CC2C3. The van der Waals surface area contributed by atoms with Crippen LogP contribution >= 0.6 is 0 Å². The Labute approximate surface area is 213 Å². The van der Waals surface area contributed by atoms with Crippen LogP contribution in [0.3, 0.4) is 0 Å². The van der Waals surface area contributed by atoms with Crippen molar-refractivity contribution >= 4 is 0 Å². The van der Waals surface area contributed by atoms with Gasteiger partial charge in [0.1, 0.15) is 17.6 Å². The molecule has 36 heavy (non-hydrogen) atoms. The van der Waals surface area contributed by atoms with Crippen LogP contribution in [0.1, 0.15) is 50.5 Å². The molecule has 1 saturated heterocycles. The average molecular weight is 483 g/mol. The number of hydrogen-bond acceptors (Lipinski definition) is 4. The third kappa shape index (κ3) is 3.96. The molecule has 2 atom stereocenters. The minimum atomic E-state index is -0.489. The number of hydrogen-bond donors (Lipinski definition) is 0. The second kappa shape index (κ2) is 9.02. The first-order valence-corrected chi connectivity index (χ1v) is 13.6. The van der Waals surface area contributed by atoms with E-state index in [1.165, 1.54) is 48.8 Å². The van der Waals surface area contributed by atoms with Crippen molar-refractivity contribution < 1.29 is 19.2 Å². The van der Waals surface area contributed by atoms with Crippen LogP contribution in [0.5, 0.6) is 11.5 Å². The Bertz CT molecular complexity index is 1150. The number of rotatable bonds is 5. The molecule has 0 aromatic heterocycles. The van der Waals surface area contributed by atoms with E-state index in [1.54, 1.807) is 0 Å². The topological polar surface area (TPSA) is 36.9 Å². The van der Waals surface area contributed by atoms with E-state index in [0.717, 1.165) is 23.3 Å². The largest absolute Gasteiger partial charge is 0.457 e. The first-order chi connectivity index (χ1) is 17.7. The van der Waals surface area contributed by atoms with Crippen molar-refractivity contribution in [2.24, 2.45) is 23.7 Å². The maximum absolute atomic E-state index is 6.57. The average Bonchev–Trinajstić information content (AvgIpc) is 2.93. The molecule has 1 aliphatic heterocycles. The van der Waals surface area contributed by atoms with Crippen molar-refractivity contribution in [3.05, 3.63) is 84.4 Å². The van der Waals surface area contributed by atoms with Gasteiger partial charge in [-0.25, -0.2) is 9.78 Å². The summed E-state index contributed by atoms with van der Waals surface area (Å²) < 4.78 is 12.7. The van der Waals surface area contributed by atoms with Crippen LogP contribution in [0.25, 0.3) is 11.1 Å². The standard InChI is InChI=1S/C32H34O4/c1-21(31-20-33-32(36-35-31)27-16-22-15-23(18-27)19-28(32)17-22)24-7-11-29(12-8-24)34-30-13-9-26(10-14-30)25-5-3-2-4-6-25/h2-14,21-23,27-28,31H,15-20H2,1H3/t21-,22?,23?,27?,28?,31?,32?/m0/s1. The molecule has 4 aliphatic carbocycles. The van der Waals surface area contributed by atoms with E-state index >= 15 is 0 Å². The van der Waals surface area contributed by atoms with E-state index < -0.39 is 5.79 Å². The van der Waals surface area contributed by atoms with Gasteiger partial charge in [0.25, 0.3) is 0 Å². The van der Waals surface area contributed by atoms with E-state index in [2.05, 4.69) is 55.5 Å². The van der Waals surface area contributed by atoms with Gasteiger partial charge in [-0.15, -0.1) is 0 Å². The van der Waals surface area contributed by atoms with Crippen LogP contribution in [0.2, 0.25) is 0 Å². The van der Waals surface area contributed by atoms with E-state index in [1.807, 2.05) is 30.3 Å². The molecule has 1 heterocycles. The maximum atomic E-state index is 6.57. The fourth-order valence-electron chi connectivity index (χ4n) is 7.38. The summed E-state index contributed by atoms with van der Waals surface area (Å²) in [7, 11) is 0. The van der Waals surface area contributed by atoms with Crippen LogP contribution in [-0.4, -0.2) is 18.5 Å². The van der Waals surface area contributed by atoms with Crippen LogP contribution in [0.4, 0.5) is 0 Å². The molecule has 186 valence electrons. The number of benzene rings is 3. The summed E-state index contributed by atoms with van der Waals surface area (Å²) in [4.78, 5) is 12.3. The minimum Gasteiger partial charge on any atom is -0.457 e. The Morgan fingerprint density at radius 3 is 1.89 bits per heavy atom. The first kappa shape index (κ1) is 22.5. The molecule has 3 aromatic rings. The van der Waals surface area contributed by atoms with Gasteiger partial charge in [0.2, 0.25) is 5.79 Å². The van der Waals surface area contributed by atoms with Crippen molar-refractivity contribution in [3.63, 3.8) is 0 Å². The lowest BCUT2D eigenvalue weighted by Crippen LogP contribution is -2.63. The Morgan fingerprint density at radius 1 is 0.722 bits per heavy atom. The Kier molecular flexibility index (Phi) is 5.65. The zero-order chi connectivity index (χ0) is 24.1. The van der Waals surface area contributed by atoms with E-state index in [4.69, 9.17) is 19.2 Å². The predicted octanol–water partition coefficient (Wildman–Crippen LogP) is 7.75. The summed E-state index contributed by atoms with van der Waals surface area (Å²) in [5.41, 5.74) is 3.58. The molecule has 3 aromatic carbocycles. The predicted molar refractivity (Wildman–Crippen MR) is 138 cm³/mol. The normalized spacial score (nSPS) is 33.5. The molecule has 0 amide bonds. The molecule has 8 rings (SSSR count). The molecule has 4 nitrogen and oxygen atoms in total. The van der Waals surface area contributed by atoms with Gasteiger partial charge in [0.05, 0.1) is 6.61 Å². The quantitative estimate of drug-likeness (QED) is 0.348. The number of ether oxygens (including phenoxy) is 2. The summed E-state index contributed by atoms with van der Waals surface area (Å²) in [5, 5.41) is 0. The van der Waals surface area contributed by atoms with Gasteiger partial charge in [-0.1, -0.05) is 61.5 Å². The van der Waals surface area contributed by atoms with Crippen molar-refractivity contribution in [2.45, 2.75) is 56.8 Å². The molecule has 4 heteroatoms. The molecular formula is C32H34O4. The molecule has 5 fully saturated rings. The van der Waals surface area contributed by atoms with Gasteiger partial charge in [-0.3, -0.25) is 0 Å². The highest BCUT2D eigenvalue weighted by molar-refractivity contribution is 5.64. The second-order valence-electron chi connectivity index (χ2n) is 11.4. The van der Waals surface area contributed by atoms with Crippen LogP contribution < -0.4 is 4.74 Å². The van der Waals surface area contributed by atoms with Crippen molar-refractivity contribution in [2.75, 3.05) is 6.61 Å². The molecule has 4 saturated carbocycles. The summed E-state index contributed by atoms with van der Waals surface area (Å²) in [6, 6.07) is 26.9. The third-order valence-corrected chi connectivity index (χ3v) is 9.21. The fourth-order valence-corrected chi connectivity index (χ4v) is 7.38. The Hall–Kier alpha value is -2.66. The summed E-state index contributed by atoms with van der Waals surface area (Å²) in [6.45, 7) is 2.78. The lowest BCUT2D eigenvalue weighted by atomic mass is 9.53. The molecular weight excluding hydrogens is 448 g/mol. The van der Waals surface area contributed by atoms with Crippen molar-refractivity contribution in [3.8, 4) is 22.6 Å². The molecule has 5 aliphatic rings. The summed E-state index contributed by atoms with van der Waals surface area (Å²) >= 11 is 0. The molecule has 1 spiro atoms. The van der Waals surface area contributed by atoms with E-state index in [0.29, 0.717) is 18.4 Å². The maximum Gasteiger partial charge on any atom is 0.207 e.